The van der Waals surface area contributed by atoms with Gasteiger partial charge in [-0.2, -0.15) is 0 Å². The third kappa shape index (κ3) is 8.20. The summed E-state index contributed by atoms with van der Waals surface area (Å²) in [6.45, 7) is 9.38. The number of nitrogens with one attached hydrogen (secondary N) is 1. The van der Waals surface area contributed by atoms with E-state index < -0.39 is 22.0 Å². The van der Waals surface area contributed by atoms with E-state index in [0.717, 1.165) is 28.7 Å². The molecule has 1 aliphatic heterocycles. The van der Waals surface area contributed by atoms with E-state index in [0.29, 0.717) is 37.5 Å². The van der Waals surface area contributed by atoms with Crippen molar-refractivity contribution in [3.63, 3.8) is 0 Å². The summed E-state index contributed by atoms with van der Waals surface area (Å²) in [5.41, 5.74) is 4.73. The standard InChI is InChI=1S/C36H41ClN4O4S/c1-23(2)16-29-17-28(18-30(42)22-41(29)21-26-12-6-5-7-13-26)35(43)27-14-9-15-31(19-27)46(44,45)40-36-38-32(20-33(37)39-36)34-24(3)10-8-11-25(34)4/h5-15,19-20,23,28-30,42H,16-18,21-22H2,1-4H3,(H,38,39,40)/t28?,29-,30-/m1/s1. The summed E-state index contributed by atoms with van der Waals surface area (Å²) in [7, 11) is -4.17. The van der Waals surface area contributed by atoms with E-state index in [2.05, 4.69) is 45.6 Å². The minimum absolute atomic E-state index is 0.0887. The molecule has 0 radical (unpaired) electrons. The van der Waals surface area contributed by atoms with Gasteiger partial charge in [0.2, 0.25) is 5.95 Å². The number of halogens is 1. The number of carbonyl (C=O) groups excluding carboxylic acids is 1. The number of aromatic nitrogens is 2. The van der Waals surface area contributed by atoms with Crippen LogP contribution in [-0.4, -0.2) is 52.9 Å². The molecule has 1 unspecified atom stereocenters. The topological polar surface area (TPSA) is 112 Å². The highest BCUT2D eigenvalue weighted by atomic mass is 35.5. The molecule has 8 nitrogen and oxygen atoms in total. The number of hydrogen-bond donors (Lipinski definition) is 2. The molecular weight excluding hydrogens is 620 g/mol. The highest BCUT2D eigenvalue weighted by molar-refractivity contribution is 7.92. The van der Waals surface area contributed by atoms with E-state index in [4.69, 9.17) is 11.6 Å². The van der Waals surface area contributed by atoms with Crippen LogP contribution in [0.2, 0.25) is 5.15 Å². The van der Waals surface area contributed by atoms with Gasteiger partial charge >= 0.3 is 0 Å². The maximum atomic E-state index is 14.0. The molecule has 1 aromatic heterocycles. The summed E-state index contributed by atoms with van der Waals surface area (Å²) in [5.74, 6) is -0.397. The molecular formula is C36H41ClN4O4S. The van der Waals surface area contributed by atoms with Crippen LogP contribution in [0.15, 0.2) is 83.8 Å². The monoisotopic (exact) mass is 660 g/mol. The highest BCUT2D eigenvalue weighted by Crippen LogP contribution is 2.32. The van der Waals surface area contributed by atoms with Gasteiger partial charge in [0, 0.05) is 42.2 Å². The number of β-amino-alcohol motifs (C(OH)–C–C–N with tert-alkyl or cyclic N) is 1. The predicted molar refractivity (Wildman–Crippen MR) is 182 cm³/mol. The van der Waals surface area contributed by atoms with E-state index in [1.54, 1.807) is 18.2 Å². The van der Waals surface area contributed by atoms with Gasteiger partial charge < -0.3 is 5.11 Å². The molecule has 3 aromatic carbocycles. The van der Waals surface area contributed by atoms with Crippen LogP contribution in [-0.2, 0) is 16.6 Å². The molecule has 0 bridgehead atoms. The lowest BCUT2D eigenvalue weighted by Gasteiger charge is -2.32. The predicted octanol–water partition coefficient (Wildman–Crippen LogP) is 7.09. The number of likely N-dealkylation sites (tertiary alicyclic amines) is 1. The molecule has 242 valence electrons. The number of anilines is 1. The zero-order valence-corrected chi connectivity index (χ0v) is 28.2. The summed E-state index contributed by atoms with van der Waals surface area (Å²) in [5, 5.41) is 11.1. The number of rotatable bonds is 10. The minimum Gasteiger partial charge on any atom is -0.392 e. The van der Waals surface area contributed by atoms with E-state index in [1.807, 2.05) is 50.2 Å². The molecule has 4 aromatic rings. The Bertz CT molecular complexity index is 1780. The summed E-state index contributed by atoms with van der Waals surface area (Å²) < 4.78 is 29.6. The average Bonchev–Trinajstić information content (AvgIpc) is 3.14. The molecule has 2 heterocycles. The van der Waals surface area contributed by atoms with Crippen LogP contribution in [0.5, 0.6) is 0 Å². The molecule has 3 atom stereocenters. The number of aliphatic hydroxyl groups excluding tert-OH is 1. The van der Waals surface area contributed by atoms with Crippen LogP contribution >= 0.6 is 11.6 Å². The maximum Gasteiger partial charge on any atom is 0.264 e. The van der Waals surface area contributed by atoms with Crippen molar-refractivity contribution in [2.75, 3.05) is 11.3 Å². The first-order valence-corrected chi connectivity index (χ1v) is 17.5. The summed E-state index contributed by atoms with van der Waals surface area (Å²) >= 11 is 6.30. The molecule has 0 spiro atoms. The summed E-state index contributed by atoms with van der Waals surface area (Å²) in [4.78, 5) is 24.7. The van der Waals surface area contributed by atoms with Gasteiger partial charge in [0.1, 0.15) is 5.15 Å². The molecule has 0 amide bonds. The normalized spacial score (nSPS) is 19.2. The van der Waals surface area contributed by atoms with Crippen LogP contribution in [0.3, 0.4) is 0 Å². The molecule has 10 heteroatoms. The fraction of sp³-hybridized carbons (Fsp3) is 0.361. The van der Waals surface area contributed by atoms with Gasteiger partial charge in [-0.3, -0.25) is 9.69 Å². The van der Waals surface area contributed by atoms with Crippen molar-refractivity contribution in [3.05, 3.63) is 106 Å². The number of aliphatic hydroxyl groups is 1. The van der Waals surface area contributed by atoms with Crippen molar-refractivity contribution in [1.82, 2.24) is 14.9 Å². The summed E-state index contributed by atoms with van der Waals surface area (Å²) in [6, 6.07) is 23.7. The molecule has 1 aliphatic rings. The van der Waals surface area contributed by atoms with Crippen LogP contribution in [0, 0.1) is 25.7 Å². The highest BCUT2D eigenvalue weighted by Gasteiger charge is 2.35. The quantitative estimate of drug-likeness (QED) is 0.138. The van der Waals surface area contributed by atoms with Crippen molar-refractivity contribution in [2.24, 2.45) is 11.8 Å². The smallest absolute Gasteiger partial charge is 0.264 e. The molecule has 46 heavy (non-hydrogen) atoms. The number of carbonyl (C=O) groups is 1. The number of ketones is 1. The van der Waals surface area contributed by atoms with Gasteiger partial charge in [0.25, 0.3) is 10.0 Å². The minimum atomic E-state index is -4.17. The Kier molecular flexibility index (Phi) is 10.6. The lowest BCUT2D eigenvalue weighted by Crippen LogP contribution is -2.38. The molecule has 1 fully saturated rings. The number of Topliss-reactive ketones (excluding diaryl/α,β-unsaturated/α-hetero) is 1. The second kappa shape index (κ2) is 14.4. The first kappa shape index (κ1) is 33.7. The second-order valence-corrected chi connectivity index (χ2v) is 14.8. The van der Waals surface area contributed by atoms with E-state index in [-0.39, 0.29) is 33.4 Å². The molecule has 2 N–H and O–H groups in total. The Labute approximate surface area is 276 Å². The van der Waals surface area contributed by atoms with Crippen LogP contribution in [0.25, 0.3) is 11.3 Å². The Balaban J connectivity index is 1.38. The van der Waals surface area contributed by atoms with Gasteiger partial charge in [0.05, 0.1) is 16.7 Å². The lowest BCUT2D eigenvalue weighted by molar-refractivity contribution is 0.0820. The zero-order valence-electron chi connectivity index (χ0n) is 26.7. The Morgan fingerprint density at radius 2 is 1.67 bits per heavy atom. The Morgan fingerprint density at radius 1 is 0.978 bits per heavy atom. The third-order valence-electron chi connectivity index (χ3n) is 8.50. The maximum absolute atomic E-state index is 14.0. The number of nitrogens with zero attached hydrogens (tertiary/aromatic N) is 3. The van der Waals surface area contributed by atoms with Gasteiger partial charge in [0.15, 0.2) is 5.78 Å². The Morgan fingerprint density at radius 3 is 2.37 bits per heavy atom. The number of hydrogen-bond acceptors (Lipinski definition) is 7. The first-order valence-electron chi connectivity index (χ1n) is 15.6. The third-order valence-corrected chi connectivity index (χ3v) is 10.0. The van der Waals surface area contributed by atoms with Gasteiger partial charge in [-0.05, 0) is 67.9 Å². The van der Waals surface area contributed by atoms with Crippen LogP contribution < -0.4 is 4.72 Å². The van der Waals surface area contributed by atoms with E-state index in [9.17, 15) is 18.3 Å². The number of sulfonamides is 1. The van der Waals surface area contributed by atoms with Gasteiger partial charge in [-0.15, -0.1) is 0 Å². The fourth-order valence-corrected chi connectivity index (χ4v) is 7.63. The van der Waals surface area contributed by atoms with Crippen LogP contribution in [0.1, 0.15) is 60.2 Å². The van der Waals surface area contributed by atoms with Crippen molar-refractivity contribution in [2.45, 2.75) is 70.5 Å². The lowest BCUT2D eigenvalue weighted by atomic mass is 9.86. The number of aryl methyl sites for hydroxylation is 2. The first-order chi connectivity index (χ1) is 21.9. The van der Waals surface area contributed by atoms with E-state index >= 15 is 0 Å². The second-order valence-electron chi connectivity index (χ2n) is 12.7. The molecule has 0 aliphatic carbocycles. The zero-order chi connectivity index (χ0) is 33.0. The fourth-order valence-electron chi connectivity index (χ4n) is 6.45. The molecule has 1 saturated heterocycles. The molecule has 0 saturated carbocycles. The SMILES string of the molecule is Cc1cccc(C)c1-c1cc(Cl)nc(NS(=O)(=O)c2cccc(C(=O)C3C[C@@H](O)CN(Cc4ccccc4)[C@H](CC(C)C)C3)c2)n1. The largest absolute Gasteiger partial charge is 0.392 e. The average molecular weight is 661 g/mol. The molecule has 5 rings (SSSR count). The van der Waals surface area contributed by atoms with Crippen molar-refractivity contribution < 1.29 is 18.3 Å². The van der Waals surface area contributed by atoms with Crippen molar-refractivity contribution in [3.8, 4) is 11.3 Å². The number of benzene rings is 3. The van der Waals surface area contributed by atoms with Gasteiger partial charge in [-0.1, -0.05) is 86.1 Å². The van der Waals surface area contributed by atoms with Crippen LogP contribution in [0.4, 0.5) is 5.95 Å². The van der Waals surface area contributed by atoms with Crippen molar-refractivity contribution >= 4 is 33.4 Å². The van der Waals surface area contributed by atoms with Gasteiger partial charge in [-0.25, -0.2) is 23.1 Å². The van der Waals surface area contributed by atoms with Crippen molar-refractivity contribution in [1.29, 1.82) is 0 Å². The van der Waals surface area contributed by atoms with E-state index in [1.165, 1.54) is 12.1 Å². The Hall–Kier alpha value is -3.63. The summed E-state index contributed by atoms with van der Waals surface area (Å²) in [6.07, 6.45) is 1.08.